The average molecular weight is 271 g/mol. The number of nitrogens with zero attached hydrogens (tertiary/aromatic N) is 1. The molecule has 2 heterocycles. The number of benzene rings is 1. The molecule has 0 fully saturated rings. The van der Waals surface area contributed by atoms with E-state index in [0.29, 0.717) is 17.2 Å². The number of fused-ring (bicyclic) bond motifs is 2. The van der Waals surface area contributed by atoms with Gasteiger partial charge in [-0.05, 0) is 6.08 Å². The van der Waals surface area contributed by atoms with Gasteiger partial charge in [-0.1, -0.05) is 6.58 Å². The summed E-state index contributed by atoms with van der Waals surface area (Å²) in [6.07, 6.45) is 4.22. The van der Waals surface area contributed by atoms with E-state index in [1.165, 1.54) is 29.1 Å². The lowest BCUT2D eigenvalue weighted by Crippen LogP contribution is -2.31. The summed E-state index contributed by atoms with van der Waals surface area (Å²) in [5.41, 5.74) is 0.299. The number of ketones is 1. The van der Waals surface area contributed by atoms with E-state index in [-0.39, 0.29) is 12.4 Å². The van der Waals surface area contributed by atoms with Gasteiger partial charge in [-0.15, -0.1) is 0 Å². The quantitative estimate of drug-likeness (QED) is 0.565. The molecule has 0 aliphatic carbocycles. The Morgan fingerprint density at radius 3 is 2.70 bits per heavy atom. The number of allylic oxidation sites excluding steroid dienone is 1. The molecule has 6 nitrogen and oxygen atoms in total. The highest BCUT2D eigenvalue weighted by atomic mass is 16.7. The Labute approximate surface area is 113 Å². The van der Waals surface area contributed by atoms with Crippen molar-refractivity contribution in [2.75, 3.05) is 6.79 Å². The second-order valence-corrected chi connectivity index (χ2v) is 4.17. The molecule has 2 aliphatic heterocycles. The normalized spacial score (nSPS) is 17.7. The first-order valence-electron chi connectivity index (χ1n) is 5.77. The molecule has 0 unspecified atom stereocenters. The average Bonchev–Trinajstić information content (AvgIpc) is 2.87. The van der Waals surface area contributed by atoms with Gasteiger partial charge < -0.3 is 19.4 Å². The Hall–Kier alpha value is -2.89. The molecule has 0 N–H and O–H groups in total. The van der Waals surface area contributed by atoms with Gasteiger partial charge in [0.1, 0.15) is 5.57 Å². The van der Waals surface area contributed by atoms with Gasteiger partial charge in [0.25, 0.3) is 0 Å². The molecule has 0 bridgehead atoms. The largest absolute Gasteiger partial charge is 0.544 e. The Bertz CT molecular complexity index is 715. The standard InChI is InChI=1S/C14H9NO5/c1-2-3-15-6-9(14(17)18)13(16)8-4-11-12(5-10(8)15)20-7-19-11/h2-6H,1,7H2. The number of carbonyl (C=O) groups is 2. The highest BCUT2D eigenvalue weighted by Gasteiger charge is 2.33. The second-order valence-electron chi connectivity index (χ2n) is 4.17. The zero-order valence-electron chi connectivity index (χ0n) is 10.3. The molecule has 0 saturated heterocycles. The zero-order valence-corrected chi connectivity index (χ0v) is 10.3. The molecular weight excluding hydrogens is 262 g/mol. The summed E-state index contributed by atoms with van der Waals surface area (Å²) in [5.74, 6) is -1.23. The number of hydrogen-bond acceptors (Lipinski definition) is 5. The van der Waals surface area contributed by atoms with E-state index >= 15 is 0 Å². The first kappa shape index (κ1) is 12.2. The lowest BCUT2D eigenvalue weighted by atomic mass is 9.98. The van der Waals surface area contributed by atoms with E-state index < -0.39 is 17.3 Å². The lowest BCUT2D eigenvalue weighted by molar-refractivity contribution is -0.357. The van der Waals surface area contributed by atoms with Gasteiger partial charge >= 0.3 is 0 Å². The van der Waals surface area contributed by atoms with E-state index in [2.05, 4.69) is 6.58 Å². The number of Topliss-reactive ketones (excluding diaryl/α,β-unsaturated/α-hetero) is 1. The van der Waals surface area contributed by atoms with E-state index in [0.717, 1.165) is 0 Å². The molecule has 0 amide bonds. The van der Waals surface area contributed by atoms with Gasteiger partial charge in [0.05, 0.1) is 17.6 Å². The summed E-state index contributed by atoms with van der Waals surface area (Å²) >= 11 is 0. The number of carboxylic acid groups (broad SMARTS) is 1. The summed E-state index contributed by atoms with van der Waals surface area (Å²) in [7, 11) is 0. The zero-order chi connectivity index (χ0) is 14.3. The number of hydrogen-bond donors (Lipinski definition) is 0. The minimum absolute atomic E-state index is 0.0678. The maximum Gasteiger partial charge on any atom is 0.231 e. The van der Waals surface area contributed by atoms with Gasteiger partial charge in [0.2, 0.25) is 18.3 Å². The second kappa shape index (κ2) is 4.34. The summed E-state index contributed by atoms with van der Waals surface area (Å²) in [4.78, 5) is 23.2. The monoisotopic (exact) mass is 271 g/mol. The van der Waals surface area contributed by atoms with E-state index in [9.17, 15) is 14.7 Å². The first-order valence-corrected chi connectivity index (χ1v) is 5.77. The van der Waals surface area contributed by atoms with Crippen LogP contribution in [0.4, 0.5) is 5.69 Å². The maximum atomic E-state index is 12.2. The first-order chi connectivity index (χ1) is 9.61. The van der Waals surface area contributed by atoms with Gasteiger partial charge in [0.15, 0.2) is 23.9 Å². The van der Waals surface area contributed by atoms with Crippen molar-refractivity contribution < 1.29 is 28.7 Å². The smallest absolute Gasteiger partial charge is 0.231 e. The Balaban J connectivity index is 2.25. The van der Waals surface area contributed by atoms with E-state index in [1.807, 2.05) is 0 Å². The molecule has 0 radical (unpaired) electrons. The summed E-state index contributed by atoms with van der Waals surface area (Å²) in [6, 6.07) is 3.10. The van der Waals surface area contributed by atoms with Crippen molar-refractivity contribution in [3.05, 3.63) is 42.1 Å². The van der Waals surface area contributed by atoms with Crippen LogP contribution < -0.4 is 14.6 Å². The van der Waals surface area contributed by atoms with E-state index in [4.69, 9.17) is 9.47 Å². The molecule has 0 atom stereocenters. The van der Waals surface area contributed by atoms with Crippen molar-refractivity contribution >= 4 is 23.7 Å². The molecule has 20 heavy (non-hydrogen) atoms. The van der Waals surface area contributed by atoms with Crippen molar-refractivity contribution in [3.8, 4) is 11.5 Å². The van der Waals surface area contributed by atoms with Crippen molar-refractivity contribution in [2.24, 2.45) is 0 Å². The van der Waals surface area contributed by atoms with Crippen LogP contribution in [0, 0.1) is 0 Å². The van der Waals surface area contributed by atoms with Gasteiger partial charge in [-0.2, -0.15) is 4.58 Å². The molecule has 3 rings (SSSR count). The van der Waals surface area contributed by atoms with Crippen LogP contribution in [0.5, 0.6) is 11.5 Å². The molecule has 2 aliphatic rings. The van der Waals surface area contributed by atoms with Crippen LogP contribution in [0.1, 0.15) is 10.4 Å². The molecular formula is C14H9NO5. The number of carbonyl (C=O) groups excluding carboxylic acids is 2. The molecule has 0 saturated carbocycles. The van der Waals surface area contributed by atoms with E-state index in [1.54, 1.807) is 6.07 Å². The van der Waals surface area contributed by atoms with Crippen molar-refractivity contribution in [1.82, 2.24) is 0 Å². The Morgan fingerprint density at radius 2 is 2.05 bits per heavy atom. The van der Waals surface area contributed by atoms with Crippen LogP contribution in [-0.2, 0) is 4.79 Å². The Morgan fingerprint density at radius 1 is 1.35 bits per heavy atom. The molecule has 1 aromatic carbocycles. The SMILES string of the molecule is C=CC=[N+]1C=C(C(=O)[O-])C(=O)c2cc3c(cc21)OCO3. The van der Waals surface area contributed by atoms with Crippen molar-refractivity contribution in [2.45, 2.75) is 0 Å². The van der Waals surface area contributed by atoms with Gasteiger partial charge in [-0.3, -0.25) is 4.79 Å². The highest BCUT2D eigenvalue weighted by molar-refractivity contribution is 6.25. The Kier molecular flexibility index (Phi) is 2.64. The van der Waals surface area contributed by atoms with Crippen LogP contribution in [-0.4, -0.2) is 29.3 Å². The predicted octanol–water partition coefficient (Wildman–Crippen LogP) is 0.146. The number of rotatable bonds is 2. The fourth-order valence-corrected chi connectivity index (χ4v) is 2.12. The van der Waals surface area contributed by atoms with Crippen molar-refractivity contribution in [1.29, 1.82) is 0 Å². The number of carboxylic acids is 1. The van der Waals surface area contributed by atoms with Crippen LogP contribution in [0.15, 0.2) is 36.6 Å². The molecule has 1 aromatic rings. The van der Waals surface area contributed by atoms with Gasteiger partial charge in [0, 0.05) is 6.07 Å². The van der Waals surface area contributed by atoms with Gasteiger partial charge in [-0.25, -0.2) is 0 Å². The number of aliphatic carboxylic acids is 1. The van der Waals surface area contributed by atoms with Crippen molar-refractivity contribution in [3.63, 3.8) is 0 Å². The van der Waals surface area contributed by atoms with Crippen LogP contribution in [0.25, 0.3) is 0 Å². The molecule has 0 spiro atoms. The summed E-state index contributed by atoms with van der Waals surface area (Å²) in [5, 5.41) is 11.0. The number of ether oxygens (including phenoxy) is 2. The molecule has 100 valence electrons. The summed E-state index contributed by atoms with van der Waals surface area (Å²) in [6.45, 7) is 3.63. The third-order valence-corrected chi connectivity index (χ3v) is 3.01. The molecule has 6 heteroatoms. The molecule has 0 aromatic heterocycles. The fourth-order valence-electron chi connectivity index (χ4n) is 2.12. The topological polar surface area (TPSA) is 78.7 Å². The highest BCUT2D eigenvalue weighted by Crippen LogP contribution is 2.40. The minimum Gasteiger partial charge on any atom is -0.544 e. The lowest BCUT2D eigenvalue weighted by Gasteiger charge is -2.14. The van der Waals surface area contributed by atoms with Crippen LogP contribution in [0.2, 0.25) is 0 Å². The maximum absolute atomic E-state index is 12.2. The van der Waals surface area contributed by atoms with Crippen LogP contribution >= 0.6 is 0 Å². The predicted molar refractivity (Wildman–Crippen MR) is 66.2 cm³/mol. The third kappa shape index (κ3) is 1.70. The van der Waals surface area contributed by atoms with Crippen LogP contribution in [0.3, 0.4) is 0 Å². The third-order valence-electron chi connectivity index (χ3n) is 3.01. The summed E-state index contributed by atoms with van der Waals surface area (Å²) < 4.78 is 11.9. The fraction of sp³-hybridized carbons (Fsp3) is 0.0714. The minimum atomic E-state index is -1.53.